The number of hydrogen-bond donors (Lipinski definition) is 2. The van der Waals surface area contributed by atoms with Gasteiger partial charge in [0.1, 0.15) is 0 Å². The number of fused-ring (bicyclic) bond motifs is 1. The quantitative estimate of drug-likeness (QED) is 0.736. The lowest BCUT2D eigenvalue weighted by Crippen LogP contribution is -2.11. The summed E-state index contributed by atoms with van der Waals surface area (Å²) in [4.78, 5) is 8.30. The van der Waals surface area contributed by atoms with Crippen LogP contribution >= 0.6 is 0 Å². The van der Waals surface area contributed by atoms with Crippen molar-refractivity contribution >= 4 is 22.9 Å². The van der Waals surface area contributed by atoms with Crippen LogP contribution in [0.2, 0.25) is 0 Å². The Balaban J connectivity index is 1.90. The predicted molar refractivity (Wildman–Crippen MR) is 70.3 cm³/mol. The normalized spacial score (nSPS) is 12.5. The van der Waals surface area contributed by atoms with Gasteiger partial charge in [-0.25, -0.2) is 14.6 Å². The van der Waals surface area contributed by atoms with Crippen molar-refractivity contribution in [1.82, 2.24) is 20.3 Å². The molecule has 0 saturated carbocycles. The van der Waals surface area contributed by atoms with Crippen LogP contribution in [-0.4, -0.2) is 20.3 Å². The van der Waals surface area contributed by atoms with Gasteiger partial charge in [0.2, 0.25) is 11.3 Å². The van der Waals surface area contributed by atoms with E-state index in [4.69, 9.17) is 5.73 Å². The molecular weight excluding hydrogens is 244 g/mol. The minimum absolute atomic E-state index is 0.0510. The first-order valence-electron chi connectivity index (χ1n) is 5.81. The molecule has 1 aromatic carbocycles. The smallest absolute Gasteiger partial charge is 0.245 e. The van der Waals surface area contributed by atoms with Crippen molar-refractivity contribution in [1.29, 1.82) is 0 Å². The van der Waals surface area contributed by atoms with Crippen LogP contribution in [0.25, 0.3) is 11.3 Å². The summed E-state index contributed by atoms with van der Waals surface area (Å²) in [5, 5.41) is 10.4. The Labute approximate surface area is 108 Å². The molecular formula is C12H12N6O. The summed E-state index contributed by atoms with van der Waals surface area (Å²) < 4.78 is 4.56. The topological polar surface area (TPSA) is 103 Å². The van der Waals surface area contributed by atoms with E-state index in [9.17, 15) is 0 Å². The van der Waals surface area contributed by atoms with E-state index in [-0.39, 0.29) is 11.9 Å². The average molecular weight is 256 g/mol. The van der Waals surface area contributed by atoms with Crippen LogP contribution in [0.4, 0.5) is 11.6 Å². The van der Waals surface area contributed by atoms with Crippen LogP contribution in [-0.2, 0) is 0 Å². The van der Waals surface area contributed by atoms with Gasteiger partial charge in [0.05, 0.1) is 6.04 Å². The molecule has 0 aliphatic heterocycles. The molecule has 7 heteroatoms. The molecule has 0 radical (unpaired) electrons. The molecule has 0 aliphatic rings. The molecule has 0 aliphatic carbocycles. The summed E-state index contributed by atoms with van der Waals surface area (Å²) in [5.41, 5.74) is 7.59. The maximum Gasteiger partial charge on any atom is 0.245 e. The number of benzene rings is 1. The fourth-order valence-electron chi connectivity index (χ4n) is 1.79. The number of nitrogen functional groups attached to an aromatic ring is 1. The summed E-state index contributed by atoms with van der Waals surface area (Å²) in [5.74, 6) is 0.741. The van der Waals surface area contributed by atoms with Crippen LogP contribution in [0.1, 0.15) is 18.5 Å². The first kappa shape index (κ1) is 11.4. The van der Waals surface area contributed by atoms with Gasteiger partial charge in [-0.05, 0) is 22.8 Å². The van der Waals surface area contributed by atoms with Gasteiger partial charge in [-0.2, -0.15) is 0 Å². The summed E-state index contributed by atoms with van der Waals surface area (Å²) >= 11 is 0. The van der Waals surface area contributed by atoms with Crippen molar-refractivity contribution in [3.63, 3.8) is 0 Å². The van der Waals surface area contributed by atoms with E-state index in [2.05, 4.69) is 30.2 Å². The fraction of sp³-hybridized carbons (Fsp3) is 0.167. The molecule has 96 valence electrons. The number of anilines is 2. The van der Waals surface area contributed by atoms with Crippen molar-refractivity contribution in [3.05, 3.63) is 35.9 Å². The zero-order valence-electron chi connectivity index (χ0n) is 10.2. The molecule has 0 fully saturated rings. The van der Waals surface area contributed by atoms with E-state index < -0.39 is 0 Å². The number of nitrogens with two attached hydrogens (primary N) is 1. The Bertz CT molecular complexity index is 696. The zero-order valence-corrected chi connectivity index (χ0v) is 10.2. The summed E-state index contributed by atoms with van der Waals surface area (Å²) in [6, 6.07) is 10.0. The van der Waals surface area contributed by atoms with Crippen LogP contribution in [0.15, 0.2) is 35.0 Å². The molecule has 1 atom stereocenters. The summed E-state index contributed by atoms with van der Waals surface area (Å²) in [6.45, 7) is 2.02. The van der Waals surface area contributed by atoms with E-state index in [1.54, 1.807) is 0 Å². The molecule has 0 bridgehead atoms. The summed E-state index contributed by atoms with van der Waals surface area (Å²) in [7, 11) is 0. The Morgan fingerprint density at radius 1 is 1.11 bits per heavy atom. The van der Waals surface area contributed by atoms with Crippen molar-refractivity contribution in [2.24, 2.45) is 0 Å². The molecule has 19 heavy (non-hydrogen) atoms. The molecule has 0 saturated heterocycles. The minimum atomic E-state index is 0.0510. The Kier molecular flexibility index (Phi) is 2.71. The first-order chi connectivity index (χ1) is 9.24. The lowest BCUT2D eigenvalue weighted by atomic mass is 10.1. The molecule has 7 nitrogen and oxygen atoms in total. The predicted octanol–water partition coefficient (Wildman–Crippen LogP) is 1.77. The largest absolute Gasteiger partial charge is 0.381 e. The van der Waals surface area contributed by atoms with Gasteiger partial charge in [0.15, 0.2) is 11.6 Å². The van der Waals surface area contributed by atoms with E-state index in [1.807, 2.05) is 37.3 Å². The zero-order chi connectivity index (χ0) is 13.2. The van der Waals surface area contributed by atoms with Crippen molar-refractivity contribution in [2.75, 3.05) is 11.1 Å². The molecule has 2 heterocycles. The Hall–Kier alpha value is -2.70. The molecule has 3 N–H and O–H groups in total. The van der Waals surface area contributed by atoms with Crippen LogP contribution < -0.4 is 11.1 Å². The van der Waals surface area contributed by atoms with Gasteiger partial charge >= 0.3 is 0 Å². The highest BCUT2D eigenvalue weighted by atomic mass is 16.6. The fourth-order valence-corrected chi connectivity index (χ4v) is 1.79. The second-order valence-electron chi connectivity index (χ2n) is 4.15. The van der Waals surface area contributed by atoms with Crippen molar-refractivity contribution < 1.29 is 4.63 Å². The second kappa shape index (κ2) is 4.52. The maximum absolute atomic E-state index is 5.83. The SMILES string of the molecule is C[C@@H](Nc1nc2nonc2nc1N)c1ccccc1. The van der Waals surface area contributed by atoms with Gasteiger partial charge in [-0.15, -0.1) is 0 Å². The number of rotatable bonds is 3. The molecule has 3 rings (SSSR count). The standard InChI is InChI=1S/C12H12N6O/c1-7(8-5-3-2-4-6-8)14-10-9(13)15-11-12(16-10)18-19-17-11/h2-7H,1H3,(H2,13,15,17)(H,14,16,18)/t7-/m1/s1. The van der Waals surface area contributed by atoms with Gasteiger partial charge in [0, 0.05) is 0 Å². The third-order valence-electron chi connectivity index (χ3n) is 2.79. The Morgan fingerprint density at radius 3 is 2.53 bits per heavy atom. The van der Waals surface area contributed by atoms with Crippen LogP contribution in [0.3, 0.4) is 0 Å². The monoisotopic (exact) mass is 256 g/mol. The number of hydrogen-bond acceptors (Lipinski definition) is 7. The molecule has 0 spiro atoms. The summed E-state index contributed by atoms with van der Waals surface area (Å²) in [6.07, 6.45) is 0. The van der Waals surface area contributed by atoms with Gasteiger partial charge in [0.25, 0.3) is 0 Å². The van der Waals surface area contributed by atoms with E-state index >= 15 is 0 Å². The van der Waals surface area contributed by atoms with Crippen LogP contribution in [0, 0.1) is 0 Å². The number of nitrogens with one attached hydrogen (secondary N) is 1. The average Bonchev–Trinajstić information content (AvgIpc) is 2.87. The molecule has 0 unspecified atom stereocenters. The van der Waals surface area contributed by atoms with E-state index in [0.717, 1.165) is 5.56 Å². The number of aromatic nitrogens is 4. The maximum atomic E-state index is 5.83. The highest BCUT2D eigenvalue weighted by Crippen LogP contribution is 2.22. The second-order valence-corrected chi connectivity index (χ2v) is 4.15. The van der Waals surface area contributed by atoms with Crippen LogP contribution in [0.5, 0.6) is 0 Å². The van der Waals surface area contributed by atoms with Gasteiger partial charge in [-0.1, -0.05) is 30.3 Å². The van der Waals surface area contributed by atoms with E-state index in [1.165, 1.54) is 0 Å². The minimum Gasteiger partial charge on any atom is -0.381 e. The van der Waals surface area contributed by atoms with Crippen molar-refractivity contribution in [3.8, 4) is 0 Å². The van der Waals surface area contributed by atoms with Gasteiger partial charge in [-0.3, -0.25) is 0 Å². The first-order valence-corrected chi connectivity index (χ1v) is 5.81. The third kappa shape index (κ3) is 2.17. The molecule has 2 aromatic heterocycles. The molecule has 0 amide bonds. The third-order valence-corrected chi connectivity index (χ3v) is 2.79. The number of nitrogens with zero attached hydrogens (tertiary/aromatic N) is 4. The van der Waals surface area contributed by atoms with Crippen molar-refractivity contribution in [2.45, 2.75) is 13.0 Å². The van der Waals surface area contributed by atoms with Gasteiger partial charge < -0.3 is 11.1 Å². The molecule has 3 aromatic rings. The lowest BCUT2D eigenvalue weighted by Gasteiger charge is -2.15. The van der Waals surface area contributed by atoms with E-state index in [0.29, 0.717) is 17.1 Å². The highest BCUT2D eigenvalue weighted by Gasteiger charge is 2.12. The Morgan fingerprint density at radius 2 is 1.79 bits per heavy atom. The lowest BCUT2D eigenvalue weighted by molar-refractivity contribution is 0.314. The highest BCUT2D eigenvalue weighted by molar-refractivity contribution is 5.72.